The van der Waals surface area contributed by atoms with Crippen molar-refractivity contribution in [2.24, 2.45) is 0 Å². The number of hydrogen-bond donors (Lipinski definition) is 2. The van der Waals surface area contributed by atoms with Crippen LogP contribution in [0.2, 0.25) is 0 Å². The van der Waals surface area contributed by atoms with Crippen LogP contribution >= 0.6 is 12.2 Å². The van der Waals surface area contributed by atoms with E-state index in [4.69, 9.17) is 26.4 Å². The molecule has 0 atom stereocenters. The molecule has 1 aliphatic rings. The summed E-state index contributed by atoms with van der Waals surface area (Å²) >= 11 is 5.15. The van der Waals surface area contributed by atoms with E-state index in [9.17, 15) is 0 Å². The molecule has 1 aromatic carbocycles. The molecular weight excluding hydrogens is 252 g/mol. The van der Waals surface area contributed by atoms with Gasteiger partial charge in [0.2, 0.25) is 0 Å². The Balaban J connectivity index is 1.91. The highest BCUT2D eigenvalue weighted by atomic mass is 32.1. The van der Waals surface area contributed by atoms with Gasteiger partial charge in [-0.1, -0.05) is 0 Å². The molecule has 0 aliphatic carbocycles. The molecule has 5 nitrogen and oxygen atoms in total. The van der Waals surface area contributed by atoms with Crippen LogP contribution in [0.1, 0.15) is 0 Å². The van der Waals surface area contributed by atoms with Gasteiger partial charge in [0.15, 0.2) is 16.6 Å². The van der Waals surface area contributed by atoms with E-state index in [-0.39, 0.29) is 0 Å². The fraction of sp³-hybridized carbons (Fsp3) is 0.417. The number of ether oxygens (including phenoxy) is 3. The lowest BCUT2D eigenvalue weighted by molar-refractivity contribution is 0.171. The number of thiocarbonyl (C=S) groups is 1. The Kier molecular flexibility index (Phi) is 4.60. The number of fused-ring (bicyclic) bond motifs is 1. The first-order valence-electron chi connectivity index (χ1n) is 5.73. The van der Waals surface area contributed by atoms with Crippen molar-refractivity contribution in [3.63, 3.8) is 0 Å². The Bertz CT molecular complexity index is 426. The van der Waals surface area contributed by atoms with Gasteiger partial charge in [-0.05, 0) is 24.4 Å². The van der Waals surface area contributed by atoms with Crippen LogP contribution in [0.4, 0.5) is 5.69 Å². The fourth-order valence-electron chi connectivity index (χ4n) is 1.56. The third kappa shape index (κ3) is 3.48. The van der Waals surface area contributed by atoms with Gasteiger partial charge in [-0.3, -0.25) is 0 Å². The zero-order chi connectivity index (χ0) is 12.8. The Morgan fingerprint density at radius 2 is 2.11 bits per heavy atom. The molecule has 0 amide bonds. The van der Waals surface area contributed by atoms with Gasteiger partial charge in [0.05, 0.1) is 6.61 Å². The van der Waals surface area contributed by atoms with E-state index in [1.807, 2.05) is 18.2 Å². The molecular formula is C12H16N2O3S. The maximum Gasteiger partial charge on any atom is 0.170 e. The molecule has 6 heteroatoms. The summed E-state index contributed by atoms with van der Waals surface area (Å²) in [6.07, 6.45) is 0. The monoisotopic (exact) mass is 268 g/mol. The van der Waals surface area contributed by atoms with E-state index >= 15 is 0 Å². The second-order valence-electron chi connectivity index (χ2n) is 3.73. The van der Waals surface area contributed by atoms with E-state index in [2.05, 4.69) is 10.6 Å². The van der Waals surface area contributed by atoms with E-state index in [0.29, 0.717) is 31.5 Å². The number of hydrogen-bond acceptors (Lipinski definition) is 4. The van der Waals surface area contributed by atoms with Crippen molar-refractivity contribution in [1.82, 2.24) is 5.32 Å². The quantitative estimate of drug-likeness (QED) is 0.636. The number of nitrogens with one attached hydrogen (secondary N) is 2. The topological polar surface area (TPSA) is 51.8 Å². The zero-order valence-electron chi connectivity index (χ0n) is 10.2. The average molecular weight is 268 g/mol. The minimum Gasteiger partial charge on any atom is -0.486 e. The van der Waals surface area contributed by atoms with Gasteiger partial charge in [-0.2, -0.15) is 0 Å². The summed E-state index contributed by atoms with van der Waals surface area (Å²) in [4.78, 5) is 0. The van der Waals surface area contributed by atoms with Crippen molar-refractivity contribution in [2.45, 2.75) is 0 Å². The van der Waals surface area contributed by atoms with Gasteiger partial charge < -0.3 is 24.8 Å². The maximum atomic E-state index is 5.50. The van der Waals surface area contributed by atoms with E-state index in [1.54, 1.807) is 7.11 Å². The predicted octanol–water partition coefficient (Wildman–Crippen LogP) is 1.39. The second kappa shape index (κ2) is 6.42. The van der Waals surface area contributed by atoms with Crippen molar-refractivity contribution < 1.29 is 14.2 Å². The van der Waals surface area contributed by atoms with Crippen molar-refractivity contribution in [2.75, 3.05) is 38.8 Å². The van der Waals surface area contributed by atoms with Crippen LogP contribution < -0.4 is 20.1 Å². The van der Waals surface area contributed by atoms with Crippen LogP contribution in [0.5, 0.6) is 11.5 Å². The van der Waals surface area contributed by atoms with Crippen LogP contribution in [-0.4, -0.2) is 38.6 Å². The van der Waals surface area contributed by atoms with Gasteiger partial charge in [0.25, 0.3) is 0 Å². The molecule has 0 saturated heterocycles. The van der Waals surface area contributed by atoms with E-state index in [1.165, 1.54) is 0 Å². The molecule has 1 heterocycles. The molecule has 0 spiro atoms. The molecule has 0 saturated carbocycles. The van der Waals surface area contributed by atoms with Gasteiger partial charge in [-0.25, -0.2) is 0 Å². The molecule has 98 valence electrons. The third-order valence-corrected chi connectivity index (χ3v) is 2.64. The van der Waals surface area contributed by atoms with Crippen LogP contribution in [0.25, 0.3) is 0 Å². The van der Waals surface area contributed by atoms with Crippen molar-refractivity contribution >= 4 is 23.0 Å². The minimum absolute atomic E-state index is 0.559. The molecule has 2 N–H and O–H groups in total. The van der Waals surface area contributed by atoms with Gasteiger partial charge in [-0.15, -0.1) is 0 Å². The summed E-state index contributed by atoms with van der Waals surface area (Å²) in [5.41, 5.74) is 0.870. The predicted molar refractivity (Wildman–Crippen MR) is 73.5 cm³/mol. The molecule has 2 rings (SSSR count). The lowest BCUT2D eigenvalue weighted by Gasteiger charge is -2.19. The van der Waals surface area contributed by atoms with E-state index in [0.717, 1.165) is 17.2 Å². The molecule has 18 heavy (non-hydrogen) atoms. The Hall–Kier alpha value is -1.53. The maximum absolute atomic E-state index is 5.50. The summed E-state index contributed by atoms with van der Waals surface area (Å²) in [6.45, 7) is 2.46. The molecule has 0 unspecified atom stereocenters. The summed E-state index contributed by atoms with van der Waals surface area (Å²) in [5, 5.41) is 6.67. The molecule has 0 radical (unpaired) electrons. The normalized spacial score (nSPS) is 12.9. The smallest absolute Gasteiger partial charge is 0.170 e. The number of methoxy groups -OCH3 is 1. The van der Waals surface area contributed by atoms with Gasteiger partial charge in [0, 0.05) is 25.4 Å². The first-order chi connectivity index (χ1) is 8.79. The Morgan fingerprint density at radius 3 is 2.89 bits per heavy atom. The largest absolute Gasteiger partial charge is 0.486 e. The SMILES string of the molecule is COCCNC(=S)Nc1ccc2c(c1)OCCO2. The highest BCUT2D eigenvalue weighted by Gasteiger charge is 2.11. The Morgan fingerprint density at radius 1 is 1.33 bits per heavy atom. The molecule has 0 aromatic heterocycles. The third-order valence-electron chi connectivity index (χ3n) is 2.39. The summed E-state index contributed by atoms with van der Waals surface area (Å²) in [6, 6.07) is 5.64. The number of benzene rings is 1. The standard InChI is InChI=1S/C12H16N2O3S/c1-15-5-4-13-12(18)14-9-2-3-10-11(8-9)17-7-6-16-10/h2-3,8H,4-7H2,1H3,(H2,13,14,18). The highest BCUT2D eigenvalue weighted by molar-refractivity contribution is 7.80. The molecule has 0 fully saturated rings. The highest BCUT2D eigenvalue weighted by Crippen LogP contribution is 2.32. The number of rotatable bonds is 4. The van der Waals surface area contributed by atoms with Gasteiger partial charge in [0.1, 0.15) is 13.2 Å². The zero-order valence-corrected chi connectivity index (χ0v) is 11.0. The van der Waals surface area contributed by atoms with Crippen LogP contribution in [-0.2, 0) is 4.74 Å². The molecule has 1 aliphatic heterocycles. The lowest BCUT2D eigenvalue weighted by atomic mass is 10.2. The Labute approximate surface area is 111 Å². The molecule has 0 bridgehead atoms. The number of anilines is 1. The van der Waals surface area contributed by atoms with Crippen LogP contribution in [0, 0.1) is 0 Å². The van der Waals surface area contributed by atoms with E-state index < -0.39 is 0 Å². The second-order valence-corrected chi connectivity index (χ2v) is 4.14. The van der Waals surface area contributed by atoms with Gasteiger partial charge >= 0.3 is 0 Å². The summed E-state index contributed by atoms with van der Waals surface area (Å²) in [7, 11) is 1.65. The first kappa shape index (κ1) is 12.9. The van der Waals surface area contributed by atoms with Crippen LogP contribution in [0.15, 0.2) is 18.2 Å². The minimum atomic E-state index is 0.559. The van der Waals surface area contributed by atoms with Crippen molar-refractivity contribution in [1.29, 1.82) is 0 Å². The molecule has 1 aromatic rings. The lowest BCUT2D eigenvalue weighted by Crippen LogP contribution is -2.31. The average Bonchev–Trinajstić information content (AvgIpc) is 2.39. The van der Waals surface area contributed by atoms with Crippen molar-refractivity contribution in [3.8, 4) is 11.5 Å². The summed E-state index contributed by atoms with van der Waals surface area (Å²) < 4.78 is 15.9. The van der Waals surface area contributed by atoms with Crippen LogP contribution in [0.3, 0.4) is 0 Å². The summed E-state index contributed by atoms with van der Waals surface area (Å²) in [5.74, 6) is 1.51. The van der Waals surface area contributed by atoms with Crippen molar-refractivity contribution in [3.05, 3.63) is 18.2 Å². The fourth-order valence-corrected chi connectivity index (χ4v) is 1.78. The first-order valence-corrected chi connectivity index (χ1v) is 6.14.